The summed E-state index contributed by atoms with van der Waals surface area (Å²) in [6.45, 7) is -0.207. The van der Waals surface area contributed by atoms with Crippen LogP contribution in [0.3, 0.4) is 0 Å². The number of hydrogen-bond donors (Lipinski definition) is 1. The van der Waals surface area contributed by atoms with Crippen LogP contribution in [0.4, 0.5) is 4.39 Å². The molecule has 3 saturated carbocycles. The van der Waals surface area contributed by atoms with Crippen LogP contribution in [-0.2, 0) is 9.59 Å². The van der Waals surface area contributed by atoms with Crippen LogP contribution in [0, 0.1) is 11.2 Å². The van der Waals surface area contributed by atoms with Gasteiger partial charge < -0.3 is 10.1 Å². The maximum atomic E-state index is 13.4. The normalized spacial score (nSPS) is 23.0. The number of ketones is 2. The molecule has 3 aliphatic carbocycles. The van der Waals surface area contributed by atoms with E-state index in [1.807, 2.05) is 0 Å². The highest BCUT2D eigenvalue weighted by atomic mass is 35.5. The molecule has 168 valence electrons. The highest BCUT2D eigenvalue weighted by Gasteiger charge is 2.67. The smallest absolute Gasteiger partial charge is 0.258 e. The zero-order valence-corrected chi connectivity index (χ0v) is 18.8. The minimum atomic E-state index is -0.602. The van der Waals surface area contributed by atoms with Crippen molar-refractivity contribution in [1.29, 1.82) is 0 Å². The summed E-state index contributed by atoms with van der Waals surface area (Å²) in [7, 11) is 0. The Balaban J connectivity index is 1.16. The van der Waals surface area contributed by atoms with E-state index in [2.05, 4.69) is 5.32 Å². The van der Waals surface area contributed by atoms with E-state index in [1.54, 1.807) is 24.3 Å². The summed E-state index contributed by atoms with van der Waals surface area (Å²) in [4.78, 5) is 36.7. The number of carbonyl (C=O) groups excluding carboxylic acids is 3. The van der Waals surface area contributed by atoms with Gasteiger partial charge in [0.15, 0.2) is 12.4 Å². The van der Waals surface area contributed by atoms with Crippen molar-refractivity contribution in [2.24, 2.45) is 5.41 Å². The van der Waals surface area contributed by atoms with Gasteiger partial charge in [-0.1, -0.05) is 23.2 Å². The van der Waals surface area contributed by atoms with Gasteiger partial charge in [0.05, 0.1) is 11.4 Å². The van der Waals surface area contributed by atoms with E-state index in [0.717, 1.165) is 31.7 Å². The third kappa shape index (κ3) is 4.97. The molecule has 2 bridgehead atoms. The van der Waals surface area contributed by atoms with Crippen molar-refractivity contribution in [2.75, 3.05) is 6.61 Å². The van der Waals surface area contributed by atoms with Crippen molar-refractivity contribution < 1.29 is 23.5 Å². The van der Waals surface area contributed by atoms with Gasteiger partial charge in [0.1, 0.15) is 17.3 Å². The Morgan fingerprint density at radius 2 is 1.72 bits per heavy atom. The minimum Gasteiger partial charge on any atom is -0.484 e. The van der Waals surface area contributed by atoms with Crippen molar-refractivity contribution in [3.8, 4) is 5.75 Å². The maximum absolute atomic E-state index is 13.4. The molecule has 0 aliphatic heterocycles. The molecule has 2 aromatic rings. The molecule has 2 aromatic carbocycles. The molecular formula is C24H22Cl2FNO4. The van der Waals surface area contributed by atoms with Crippen LogP contribution in [0.2, 0.25) is 10.0 Å². The van der Waals surface area contributed by atoms with Gasteiger partial charge in [0.2, 0.25) is 0 Å². The van der Waals surface area contributed by atoms with Crippen molar-refractivity contribution in [3.63, 3.8) is 0 Å². The Bertz CT molecular complexity index is 1050. The van der Waals surface area contributed by atoms with E-state index in [9.17, 15) is 18.8 Å². The second kappa shape index (κ2) is 8.83. The molecule has 0 unspecified atom stereocenters. The van der Waals surface area contributed by atoms with Gasteiger partial charge >= 0.3 is 0 Å². The second-order valence-corrected chi connectivity index (χ2v) is 9.71. The molecule has 0 heterocycles. The highest BCUT2D eigenvalue weighted by Crippen LogP contribution is 2.69. The minimum absolute atomic E-state index is 0.00575. The molecule has 5 rings (SSSR count). The van der Waals surface area contributed by atoms with Gasteiger partial charge in [-0.25, -0.2) is 4.39 Å². The second-order valence-electron chi connectivity index (χ2n) is 8.87. The zero-order chi connectivity index (χ0) is 22.9. The highest BCUT2D eigenvalue weighted by molar-refractivity contribution is 6.31. The third-order valence-electron chi connectivity index (χ3n) is 6.26. The number of ether oxygens (including phenoxy) is 1. The molecule has 32 heavy (non-hydrogen) atoms. The van der Waals surface area contributed by atoms with Crippen LogP contribution in [0.5, 0.6) is 5.75 Å². The Kier molecular flexibility index (Phi) is 6.28. The van der Waals surface area contributed by atoms with E-state index in [4.69, 9.17) is 27.9 Å². The topological polar surface area (TPSA) is 72.5 Å². The lowest BCUT2D eigenvalue weighted by Gasteiger charge is -2.71. The molecule has 0 spiro atoms. The average Bonchev–Trinajstić information content (AvgIpc) is 2.70. The fourth-order valence-corrected chi connectivity index (χ4v) is 5.10. The van der Waals surface area contributed by atoms with Gasteiger partial charge in [-0.15, -0.1) is 0 Å². The van der Waals surface area contributed by atoms with Crippen LogP contribution in [-0.4, -0.2) is 29.6 Å². The van der Waals surface area contributed by atoms with Gasteiger partial charge in [-0.05, 0) is 67.5 Å². The number of amides is 1. The average molecular weight is 478 g/mol. The first-order chi connectivity index (χ1) is 15.2. The number of halogens is 3. The van der Waals surface area contributed by atoms with Crippen LogP contribution >= 0.6 is 23.2 Å². The monoisotopic (exact) mass is 477 g/mol. The maximum Gasteiger partial charge on any atom is 0.258 e. The number of rotatable bonds is 10. The molecular weight excluding hydrogens is 456 g/mol. The summed E-state index contributed by atoms with van der Waals surface area (Å²) in [5.41, 5.74) is 0.332. The van der Waals surface area contributed by atoms with Crippen LogP contribution in [0.15, 0.2) is 42.5 Å². The largest absolute Gasteiger partial charge is 0.484 e. The van der Waals surface area contributed by atoms with Crippen LogP contribution < -0.4 is 10.1 Å². The summed E-state index contributed by atoms with van der Waals surface area (Å²) < 4.78 is 18.8. The zero-order valence-electron chi connectivity index (χ0n) is 17.3. The quantitative estimate of drug-likeness (QED) is 0.378. The van der Waals surface area contributed by atoms with Gasteiger partial charge in [0, 0.05) is 28.6 Å². The first kappa shape index (κ1) is 22.7. The standard InChI is InChI=1S/C24H22Cl2FNO4/c25-16-3-1-15(2-4-16)21(30)9-17(29)7-8-23-12-24(13-23,14-23)28-22(31)11-32-18-5-6-19(26)20(27)10-18/h1-6,10H,7-9,11-14H2,(H,28,31). The van der Waals surface area contributed by atoms with E-state index >= 15 is 0 Å². The number of Topliss-reactive ketones (excluding diaryl/α,β-unsaturated/α-hetero) is 2. The third-order valence-corrected chi connectivity index (χ3v) is 6.82. The molecule has 0 atom stereocenters. The lowest BCUT2D eigenvalue weighted by Crippen LogP contribution is -2.74. The number of carbonyl (C=O) groups is 3. The predicted octanol–water partition coefficient (Wildman–Crippen LogP) is 5.17. The van der Waals surface area contributed by atoms with Gasteiger partial charge in [0.25, 0.3) is 5.91 Å². The van der Waals surface area contributed by atoms with Gasteiger partial charge in [-0.3, -0.25) is 14.4 Å². The molecule has 0 radical (unpaired) electrons. The first-order valence-corrected chi connectivity index (χ1v) is 11.1. The fraction of sp³-hybridized carbons (Fsp3) is 0.375. The van der Waals surface area contributed by atoms with E-state index < -0.39 is 5.82 Å². The van der Waals surface area contributed by atoms with E-state index in [1.165, 1.54) is 12.1 Å². The number of hydrogen-bond acceptors (Lipinski definition) is 4. The molecule has 0 aromatic heterocycles. The first-order valence-electron chi connectivity index (χ1n) is 10.4. The van der Waals surface area contributed by atoms with Crippen molar-refractivity contribution in [3.05, 3.63) is 63.9 Å². The SMILES string of the molecule is O=C(CCC12CC(NC(=O)COc3ccc(Cl)c(F)c3)(C1)C2)CC(=O)c1ccc(Cl)cc1. The molecule has 3 fully saturated rings. The molecule has 8 heteroatoms. The van der Waals surface area contributed by atoms with Gasteiger partial charge in [-0.2, -0.15) is 0 Å². The Morgan fingerprint density at radius 1 is 1.03 bits per heavy atom. The summed E-state index contributed by atoms with van der Waals surface area (Å²) in [6.07, 6.45) is 3.42. The summed E-state index contributed by atoms with van der Waals surface area (Å²) in [5.74, 6) is -0.902. The summed E-state index contributed by atoms with van der Waals surface area (Å²) in [5, 5.41) is 3.53. The van der Waals surface area contributed by atoms with E-state index in [0.29, 0.717) is 17.0 Å². The number of nitrogens with one attached hydrogen (secondary N) is 1. The lowest BCUT2D eigenvalue weighted by atomic mass is 9.38. The van der Waals surface area contributed by atoms with E-state index in [-0.39, 0.29) is 52.2 Å². The Labute approximate surface area is 195 Å². The molecule has 1 amide bonds. The molecule has 5 nitrogen and oxygen atoms in total. The predicted molar refractivity (Wildman–Crippen MR) is 119 cm³/mol. The van der Waals surface area contributed by atoms with Crippen LogP contribution in [0.1, 0.15) is 48.9 Å². The van der Waals surface area contributed by atoms with Crippen molar-refractivity contribution in [1.82, 2.24) is 5.32 Å². The number of benzene rings is 2. The Morgan fingerprint density at radius 3 is 2.38 bits per heavy atom. The van der Waals surface area contributed by atoms with Crippen molar-refractivity contribution in [2.45, 2.75) is 44.1 Å². The molecule has 3 aliphatic rings. The lowest BCUT2D eigenvalue weighted by molar-refractivity contribution is -0.171. The van der Waals surface area contributed by atoms with Crippen LogP contribution in [0.25, 0.3) is 0 Å². The molecule has 1 N–H and O–H groups in total. The van der Waals surface area contributed by atoms with Crippen molar-refractivity contribution >= 4 is 40.7 Å². The summed E-state index contributed by atoms with van der Waals surface area (Å²) in [6, 6.07) is 10.5. The fourth-order valence-electron chi connectivity index (χ4n) is 4.85. The molecule has 0 saturated heterocycles. The summed E-state index contributed by atoms with van der Waals surface area (Å²) >= 11 is 11.4. The Hall–Kier alpha value is -2.44.